The van der Waals surface area contributed by atoms with Crippen molar-refractivity contribution in [1.82, 2.24) is 4.90 Å². The zero-order chi connectivity index (χ0) is 19.7. The summed E-state index contributed by atoms with van der Waals surface area (Å²) in [6.45, 7) is 3.88. The monoisotopic (exact) mass is 368 g/mol. The molecule has 2 amide bonds. The average Bonchev–Trinajstić information content (AvgIpc) is 2.89. The van der Waals surface area contributed by atoms with Crippen molar-refractivity contribution in [3.05, 3.63) is 70.7 Å². The van der Waals surface area contributed by atoms with Crippen LogP contribution in [0.5, 0.6) is 0 Å². The van der Waals surface area contributed by atoms with E-state index in [1.54, 1.807) is 19.2 Å². The van der Waals surface area contributed by atoms with Gasteiger partial charge in [0.05, 0.1) is 17.9 Å². The lowest BCUT2D eigenvalue weighted by molar-refractivity contribution is -0.120. The molecule has 27 heavy (non-hydrogen) atoms. The number of para-hydroxylation sites is 1. The van der Waals surface area contributed by atoms with Crippen LogP contribution in [0.1, 0.15) is 16.7 Å². The molecule has 0 atom stereocenters. The van der Waals surface area contributed by atoms with Gasteiger partial charge < -0.3 is 10.0 Å². The van der Waals surface area contributed by atoms with Crippen LogP contribution < -0.4 is 4.90 Å². The first-order valence-electron chi connectivity index (χ1n) is 8.64. The zero-order valence-corrected chi connectivity index (χ0v) is 15.5. The number of carbonyl (C=O) groups excluding carboxylic acids is 2. The Bertz CT molecular complexity index is 952. The molecule has 0 saturated heterocycles. The molecule has 0 fully saturated rings. The van der Waals surface area contributed by atoms with Crippen molar-refractivity contribution in [2.75, 3.05) is 25.1 Å². The summed E-state index contributed by atoms with van der Waals surface area (Å²) in [5.74, 6) is -1.83. The molecule has 0 spiro atoms. The fourth-order valence-electron chi connectivity index (χ4n) is 3.14. The Morgan fingerprint density at radius 3 is 2.37 bits per heavy atom. The first-order chi connectivity index (χ1) is 12.9. The minimum absolute atomic E-state index is 0.0822. The Labute approximate surface area is 157 Å². The second kappa shape index (κ2) is 7.32. The lowest BCUT2D eigenvalue weighted by Gasteiger charge is -2.20. The normalized spacial score (nSPS) is 14.3. The third-order valence-corrected chi connectivity index (χ3v) is 4.77. The smallest absolute Gasteiger partial charge is 0.282 e. The summed E-state index contributed by atoms with van der Waals surface area (Å²) in [6.07, 6.45) is 0. The van der Waals surface area contributed by atoms with Gasteiger partial charge in [-0.25, -0.2) is 9.29 Å². The van der Waals surface area contributed by atoms with Gasteiger partial charge in [0.1, 0.15) is 11.5 Å². The lowest BCUT2D eigenvalue weighted by Crippen LogP contribution is -2.35. The van der Waals surface area contributed by atoms with Gasteiger partial charge >= 0.3 is 0 Å². The highest BCUT2D eigenvalue weighted by molar-refractivity contribution is 6.45. The highest BCUT2D eigenvalue weighted by atomic mass is 19.1. The molecule has 2 aromatic carbocycles. The molecule has 0 aromatic heterocycles. The molecule has 5 nitrogen and oxygen atoms in total. The lowest BCUT2D eigenvalue weighted by atomic mass is 9.99. The first kappa shape index (κ1) is 18.8. The van der Waals surface area contributed by atoms with E-state index in [1.165, 1.54) is 23.1 Å². The number of halogens is 1. The van der Waals surface area contributed by atoms with Crippen molar-refractivity contribution < 1.29 is 19.1 Å². The molecule has 0 bridgehead atoms. The van der Waals surface area contributed by atoms with Crippen molar-refractivity contribution >= 4 is 23.1 Å². The molecule has 140 valence electrons. The molecule has 2 aromatic rings. The van der Waals surface area contributed by atoms with E-state index in [0.717, 1.165) is 16.0 Å². The van der Waals surface area contributed by atoms with Crippen LogP contribution in [0.3, 0.4) is 0 Å². The number of aliphatic hydroxyl groups excluding tert-OH is 1. The third kappa shape index (κ3) is 3.24. The van der Waals surface area contributed by atoms with Gasteiger partial charge in [-0.05, 0) is 42.7 Å². The zero-order valence-electron chi connectivity index (χ0n) is 15.5. The van der Waals surface area contributed by atoms with E-state index < -0.39 is 17.6 Å². The van der Waals surface area contributed by atoms with E-state index >= 15 is 0 Å². The van der Waals surface area contributed by atoms with Crippen LogP contribution in [0.2, 0.25) is 0 Å². The van der Waals surface area contributed by atoms with E-state index in [1.807, 2.05) is 26.0 Å². The molecule has 0 unspecified atom stereocenters. The van der Waals surface area contributed by atoms with Gasteiger partial charge in [-0.2, -0.15) is 0 Å². The number of benzene rings is 2. The number of rotatable bonds is 5. The van der Waals surface area contributed by atoms with Crippen LogP contribution in [0.25, 0.3) is 5.57 Å². The molecule has 0 saturated carbocycles. The van der Waals surface area contributed by atoms with Crippen LogP contribution in [-0.2, 0) is 9.59 Å². The van der Waals surface area contributed by atoms with Gasteiger partial charge in [0.15, 0.2) is 0 Å². The highest BCUT2D eigenvalue weighted by Gasteiger charge is 2.42. The summed E-state index contributed by atoms with van der Waals surface area (Å²) in [6, 6.07) is 11.2. The summed E-state index contributed by atoms with van der Waals surface area (Å²) in [4.78, 5) is 28.7. The Morgan fingerprint density at radius 2 is 1.74 bits per heavy atom. The minimum Gasteiger partial charge on any atom is -0.395 e. The highest BCUT2D eigenvalue weighted by Crippen LogP contribution is 2.35. The summed E-state index contributed by atoms with van der Waals surface area (Å²) in [7, 11) is 1.63. The second-order valence-corrected chi connectivity index (χ2v) is 6.56. The molecular weight excluding hydrogens is 347 g/mol. The number of aliphatic hydroxyl groups is 1. The molecule has 1 aliphatic heterocycles. The number of likely N-dealkylation sites (N-methyl/N-ethyl adjacent to an activating group) is 1. The predicted molar refractivity (Wildman–Crippen MR) is 101 cm³/mol. The molecule has 1 heterocycles. The molecule has 3 rings (SSSR count). The number of nitrogens with zero attached hydrogens (tertiary/aromatic N) is 2. The maximum absolute atomic E-state index is 14.3. The first-order valence-corrected chi connectivity index (χ1v) is 8.64. The second-order valence-electron chi connectivity index (χ2n) is 6.56. The maximum Gasteiger partial charge on any atom is 0.282 e. The summed E-state index contributed by atoms with van der Waals surface area (Å²) < 4.78 is 14.3. The summed E-state index contributed by atoms with van der Waals surface area (Å²) >= 11 is 0. The fraction of sp³-hybridized carbons (Fsp3) is 0.238. The van der Waals surface area contributed by atoms with Crippen LogP contribution >= 0.6 is 0 Å². The van der Waals surface area contributed by atoms with Gasteiger partial charge in [0.25, 0.3) is 11.8 Å². The molecular formula is C21H21FN2O3. The number of imide groups is 1. The molecule has 0 radical (unpaired) electrons. The van der Waals surface area contributed by atoms with Gasteiger partial charge in [0.2, 0.25) is 0 Å². The Hall–Kier alpha value is -2.99. The van der Waals surface area contributed by atoms with Gasteiger partial charge in [-0.15, -0.1) is 0 Å². The third-order valence-electron chi connectivity index (χ3n) is 4.77. The summed E-state index contributed by atoms with van der Waals surface area (Å²) in [5.41, 5.74) is 2.92. The number of amides is 2. The summed E-state index contributed by atoms with van der Waals surface area (Å²) in [5, 5.41) is 9.28. The molecule has 1 aliphatic rings. The standard InChI is InChI=1S/C21H21FN2O3/c1-13-8-9-15(12-14(13)2)18-19(23(3)10-11-25)21(27)24(20(18)26)17-7-5-4-6-16(17)22/h4-9,12,25H,10-11H2,1-3H3. The number of carbonyl (C=O) groups is 2. The average molecular weight is 368 g/mol. The fourth-order valence-corrected chi connectivity index (χ4v) is 3.14. The van der Waals surface area contributed by atoms with Gasteiger partial charge in [-0.3, -0.25) is 9.59 Å². The van der Waals surface area contributed by atoms with Gasteiger partial charge in [0, 0.05) is 13.6 Å². The topological polar surface area (TPSA) is 60.9 Å². The number of hydrogen-bond donors (Lipinski definition) is 1. The molecule has 1 N–H and O–H groups in total. The Balaban J connectivity index is 2.18. The predicted octanol–water partition coefficient (Wildman–Crippen LogP) is 2.65. The van der Waals surface area contributed by atoms with Crippen LogP contribution in [0, 0.1) is 19.7 Å². The maximum atomic E-state index is 14.3. The molecule has 0 aliphatic carbocycles. The van der Waals surface area contributed by atoms with Crippen LogP contribution in [-0.4, -0.2) is 42.0 Å². The quantitative estimate of drug-likeness (QED) is 0.825. The largest absolute Gasteiger partial charge is 0.395 e. The van der Waals surface area contributed by atoms with Crippen LogP contribution in [0.15, 0.2) is 48.2 Å². The van der Waals surface area contributed by atoms with E-state index in [9.17, 15) is 19.1 Å². The van der Waals surface area contributed by atoms with E-state index in [2.05, 4.69) is 0 Å². The van der Waals surface area contributed by atoms with Crippen LogP contribution in [0.4, 0.5) is 10.1 Å². The Morgan fingerprint density at radius 1 is 1.04 bits per heavy atom. The van der Waals surface area contributed by atoms with Crippen molar-refractivity contribution in [1.29, 1.82) is 0 Å². The molecule has 6 heteroatoms. The van der Waals surface area contributed by atoms with Crippen molar-refractivity contribution in [3.63, 3.8) is 0 Å². The SMILES string of the molecule is Cc1ccc(C2=C(N(C)CCO)C(=O)N(c3ccccc3F)C2=O)cc1C. The van der Waals surface area contributed by atoms with E-state index in [4.69, 9.17) is 0 Å². The Kier molecular flexibility index (Phi) is 5.10. The van der Waals surface area contributed by atoms with Crippen molar-refractivity contribution in [2.24, 2.45) is 0 Å². The van der Waals surface area contributed by atoms with Crippen molar-refractivity contribution in [2.45, 2.75) is 13.8 Å². The minimum atomic E-state index is -0.648. The number of anilines is 1. The van der Waals surface area contributed by atoms with Crippen molar-refractivity contribution in [3.8, 4) is 0 Å². The number of aryl methyl sites for hydroxylation is 2. The van der Waals surface area contributed by atoms with E-state index in [-0.39, 0.29) is 30.1 Å². The number of hydrogen-bond acceptors (Lipinski definition) is 4. The van der Waals surface area contributed by atoms with Gasteiger partial charge in [-0.1, -0.05) is 30.3 Å². The van der Waals surface area contributed by atoms with E-state index in [0.29, 0.717) is 5.56 Å².